The molecule has 0 aromatic carbocycles. The maximum Gasteiger partial charge on any atom is 0.410 e. The predicted octanol–water partition coefficient (Wildman–Crippen LogP) is 4.02. The van der Waals surface area contributed by atoms with Crippen LogP contribution in [0.1, 0.15) is 59.8 Å². The summed E-state index contributed by atoms with van der Waals surface area (Å²) >= 11 is 0. The van der Waals surface area contributed by atoms with Crippen LogP contribution in [0.15, 0.2) is 12.3 Å². The fourth-order valence-corrected chi connectivity index (χ4v) is 3.51. The number of likely N-dealkylation sites (tertiary alicyclic amines) is 2. The molecule has 2 rings (SSSR count). The van der Waals surface area contributed by atoms with Crippen molar-refractivity contribution in [2.45, 2.75) is 65.4 Å². The van der Waals surface area contributed by atoms with Gasteiger partial charge in [0.25, 0.3) is 0 Å². The lowest BCUT2D eigenvalue weighted by atomic mass is 9.71. The summed E-state index contributed by atoms with van der Waals surface area (Å²) in [6, 6.07) is 0. The van der Waals surface area contributed by atoms with Crippen LogP contribution >= 0.6 is 0 Å². The Kier molecular flexibility index (Phi) is 5.08. The number of carbonyl (C=O) groups is 1. The molecular weight excluding hydrogens is 276 g/mol. The smallest absolute Gasteiger partial charge is 0.410 e. The topological polar surface area (TPSA) is 32.8 Å². The molecule has 1 amide bonds. The minimum absolute atomic E-state index is 0.154. The van der Waals surface area contributed by atoms with Gasteiger partial charge in [0.1, 0.15) is 5.60 Å². The summed E-state index contributed by atoms with van der Waals surface area (Å²) in [6.45, 7) is 16.0. The molecule has 22 heavy (non-hydrogen) atoms. The summed E-state index contributed by atoms with van der Waals surface area (Å²) in [5, 5.41) is 0. The second-order valence-electron chi connectivity index (χ2n) is 7.87. The molecule has 0 aliphatic carbocycles. The molecule has 4 nitrogen and oxygen atoms in total. The van der Waals surface area contributed by atoms with E-state index in [0.717, 1.165) is 45.4 Å². The number of rotatable bonds is 2. The summed E-state index contributed by atoms with van der Waals surface area (Å²) in [7, 11) is 0. The molecule has 4 heteroatoms. The van der Waals surface area contributed by atoms with E-state index in [-0.39, 0.29) is 6.09 Å². The van der Waals surface area contributed by atoms with E-state index in [4.69, 9.17) is 4.74 Å². The van der Waals surface area contributed by atoms with E-state index < -0.39 is 5.60 Å². The van der Waals surface area contributed by atoms with E-state index in [1.54, 1.807) is 0 Å². The first-order chi connectivity index (χ1) is 10.2. The van der Waals surface area contributed by atoms with Crippen molar-refractivity contribution < 1.29 is 9.53 Å². The van der Waals surface area contributed by atoms with Crippen molar-refractivity contribution in [2.24, 2.45) is 5.41 Å². The number of nitrogens with zero attached hydrogens (tertiary/aromatic N) is 2. The monoisotopic (exact) mass is 308 g/mol. The van der Waals surface area contributed by atoms with Crippen molar-refractivity contribution in [3.63, 3.8) is 0 Å². The lowest BCUT2D eigenvalue weighted by Gasteiger charge is -2.47. The Morgan fingerprint density at radius 3 is 1.91 bits per heavy atom. The minimum atomic E-state index is -0.405. The molecule has 0 bridgehead atoms. The zero-order valence-corrected chi connectivity index (χ0v) is 14.8. The Hall–Kier alpha value is -1.19. The molecule has 0 atom stereocenters. The molecule has 2 aliphatic rings. The highest BCUT2D eigenvalue weighted by Crippen LogP contribution is 2.42. The Bertz CT molecular complexity index is 407. The summed E-state index contributed by atoms with van der Waals surface area (Å²) < 4.78 is 5.48. The molecule has 0 saturated carbocycles. The molecule has 1 spiro atoms. The van der Waals surface area contributed by atoms with Crippen LogP contribution in [0, 0.1) is 5.41 Å². The normalized spacial score (nSPS) is 21.8. The second-order valence-corrected chi connectivity index (χ2v) is 7.87. The van der Waals surface area contributed by atoms with E-state index in [9.17, 15) is 4.79 Å². The predicted molar refractivity (Wildman–Crippen MR) is 89.7 cm³/mol. The van der Waals surface area contributed by atoms with Gasteiger partial charge in [0.05, 0.1) is 0 Å². The van der Waals surface area contributed by atoms with Crippen molar-refractivity contribution >= 4 is 6.09 Å². The van der Waals surface area contributed by atoms with Crippen molar-refractivity contribution in [1.82, 2.24) is 9.80 Å². The number of hydrogen-bond donors (Lipinski definition) is 0. The highest BCUT2D eigenvalue weighted by atomic mass is 16.6. The number of allylic oxidation sites excluding steroid dienone is 1. The molecule has 0 N–H and O–H groups in total. The van der Waals surface area contributed by atoms with Gasteiger partial charge in [0.2, 0.25) is 0 Å². The van der Waals surface area contributed by atoms with Crippen LogP contribution in [0.2, 0.25) is 0 Å². The summed E-state index contributed by atoms with van der Waals surface area (Å²) in [5.41, 5.74) is 1.29. The number of amides is 1. The molecular formula is C18H32N2O2. The summed E-state index contributed by atoms with van der Waals surface area (Å²) in [4.78, 5) is 16.5. The van der Waals surface area contributed by atoms with Gasteiger partial charge in [-0.25, -0.2) is 4.79 Å². The maximum absolute atomic E-state index is 12.1. The van der Waals surface area contributed by atoms with Gasteiger partial charge in [-0.05, 0) is 58.3 Å². The van der Waals surface area contributed by atoms with E-state index in [1.165, 1.54) is 18.5 Å². The summed E-state index contributed by atoms with van der Waals surface area (Å²) in [5.74, 6) is 0. The van der Waals surface area contributed by atoms with E-state index >= 15 is 0 Å². The number of hydrogen-bond acceptors (Lipinski definition) is 3. The van der Waals surface area contributed by atoms with Crippen LogP contribution in [0.3, 0.4) is 0 Å². The zero-order valence-electron chi connectivity index (χ0n) is 14.8. The summed E-state index contributed by atoms with van der Waals surface area (Å²) in [6.07, 6.45) is 5.57. The minimum Gasteiger partial charge on any atom is -0.444 e. The fraction of sp³-hybridized carbons (Fsp3) is 0.833. The Morgan fingerprint density at radius 2 is 1.50 bits per heavy atom. The van der Waals surface area contributed by atoms with Gasteiger partial charge in [0.15, 0.2) is 0 Å². The van der Waals surface area contributed by atoms with E-state index in [2.05, 4.69) is 18.4 Å². The molecule has 0 unspecified atom stereocenters. The number of ether oxygens (including phenoxy) is 1. The third-order valence-electron chi connectivity index (χ3n) is 5.16. The average Bonchev–Trinajstić information content (AvgIpc) is 2.46. The first-order valence-electron chi connectivity index (χ1n) is 8.65. The van der Waals surface area contributed by atoms with Crippen molar-refractivity contribution in [3.05, 3.63) is 12.3 Å². The zero-order chi connectivity index (χ0) is 16.4. The number of carbonyl (C=O) groups excluding carboxylic acids is 1. The van der Waals surface area contributed by atoms with Gasteiger partial charge in [-0.2, -0.15) is 0 Å². The fourth-order valence-electron chi connectivity index (χ4n) is 3.51. The van der Waals surface area contributed by atoms with E-state index in [1.807, 2.05) is 25.7 Å². The quantitative estimate of drug-likeness (QED) is 0.772. The van der Waals surface area contributed by atoms with Gasteiger partial charge in [-0.15, -0.1) is 0 Å². The van der Waals surface area contributed by atoms with Gasteiger partial charge in [-0.3, -0.25) is 0 Å². The van der Waals surface area contributed by atoms with Crippen LogP contribution in [0.4, 0.5) is 4.79 Å². The first kappa shape index (κ1) is 17.2. The van der Waals surface area contributed by atoms with Crippen LogP contribution in [0.25, 0.3) is 0 Å². The maximum atomic E-state index is 12.1. The largest absolute Gasteiger partial charge is 0.444 e. The first-order valence-corrected chi connectivity index (χ1v) is 8.65. The van der Waals surface area contributed by atoms with Crippen LogP contribution in [-0.2, 0) is 4.74 Å². The highest BCUT2D eigenvalue weighted by Gasteiger charge is 2.39. The third-order valence-corrected chi connectivity index (χ3v) is 5.16. The van der Waals surface area contributed by atoms with Crippen LogP contribution < -0.4 is 0 Å². The van der Waals surface area contributed by atoms with E-state index in [0.29, 0.717) is 5.41 Å². The number of piperidine rings is 2. The average molecular weight is 308 g/mol. The van der Waals surface area contributed by atoms with Gasteiger partial charge in [-0.1, -0.05) is 13.5 Å². The molecule has 126 valence electrons. The Morgan fingerprint density at radius 1 is 1.05 bits per heavy atom. The molecule has 0 aromatic rings. The van der Waals surface area contributed by atoms with Crippen molar-refractivity contribution in [2.75, 3.05) is 26.2 Å². The van der Waals surface area contributed by atoms with Crippen molar-refractivity contribution in [1.29, 1.82) is 0 Å². The third kappa shape index (κ3) is 4.17. The molecule has 2 saturated heterocycles. The van der Waals surface area contributed by atoms with Gasteiger partial charge < -0.3 is 14.5 Å². The molecule has 0 aromatic heterocycles. The molecule has 2 fully saturated rings. The van der Waals surface area contributed by atoms with Crippen LogP contribution in [-0.4, -0.2) is 47.7 Å². The SMILES string of the molecule is C=C(CC)N1CCC2(CC1)CCN(C(=O)OC(C)(C)C)CC2. The van der Waals surface area contributed by atoms with Crippen LogP contribution in [0.5, 0.6) is 0 Å². The molecule has 0 radical (unpaired) electrons. The standard InChI is InChI=1S/C18H32N2O2/c1-6-15(2)19-11-7-18(8-12-19)9-13-20(14-10-18)16(21)22-17(3,4)5/h2,6-14H2,1,3-5H3. The highest BCUT2D eigenvalue weighted by molar-refractivity contribution is 5.68. The molecule has 2 aliphatic heterocycles. The van der Waals surface area contributed by atoms with Gasteiger partial charge >= 0.3 is 6.09 Å². The lowest BCUT2D eigenvalue weighted by Crippen LogP contribution is -2.48. The van der Waals surface area contributed by atoms with Gasteiger partial charge in [0, 0.05) is 31.9 Å². The van der Waals surface area contributed by atoms with Crippen molar-refractivity contribution in [3.8, 4) is 0 Å². The Balaban J connectivity index is 1.83. The molecule has 2 heterocycles. The second kappa shape index (κ2) is 6.51. The lowest BCUT2D eigenvalue weighted by molar-refractivity contribution is 0.00000396. The Labute approximate surface area is 135 Å².